The van der Waals surface area contributed by atoms with E-state index < -0.39 is 70.5 Å². The van der Waals surface area contributed by atoms with Crippen molar-refractivity contribution in [3.8, 4) is 50.6 Å². The number of hydrogen-bond acceptors (Lipinski definition) is 12. The van der Waals surface area contributed by atoms with Gasteiger partial charge in [-0.15, -0.1) is 0 Å². The average Bonchev–Trinajstić information content (AvgIpc) is 1.63. The van der Waals surface area contributed by atoms with E-state index in [1.165, 1.54) is 62.8 Å². The van der Waals surface area contributed by atoms with E-state index in [1.807, 2.05) is 18.2 Å². The van der Waals surface area contributed by atoms with Crippen LogP contribution in [-0.2, 0) is 43.1 Å². The molecule has 111 heavy (non-hydrogen) atoms. The van der Waals surface area contributed by atoms with E-state index >= 15 is 0 Å². The van der Waals surface area contributed by atoms with Crippen LogP contribution in [0.1, 0.15) is 101 Å². The largest absolute Gasteiger partial charge is 0.492 e. The minimum atomic E-state index is -1.25. The molecule has 9 aromatic rings. The lowest BCUT2D eigenvalue weighted by Crippen LogP contribution is -2.43. The van der Waals surface area contributed by atoms with Crippen LogP contribution in [-0.4, -0.2) is 92.2 Å². The Morgan fingerprint density at radius 3 is 1.01 bits per heavy atom. The smallest absolute Gasteiger partial charge is 0.328 e. The Labute approximate surface area is 699 Å². The molecule has 3 heterocycles. The summed E-state index contributed by atoms with van der Waals surface area (Å²) in [6.07, 6.45) is 3.35. The number of fused-ring (bicyclic) bond motifs is 9. The summed E-state index contributed by atoms with van der Waals surface area (Å²) in [5.74, 6) is -1.39. The molecule has 0 aromatic heterocycles. The summed E-state index contributed by atoms with van der Waals surface area (Å²) < 4.78 is 69.2. The lowest BCUT2D eigenvalue weighted by atomic mass is 9.89. The molecule has 0 radical (unpaired) electrons. The topological polar surface area (TPSA) is 219 Å². The van der Waals surface area contributed by atoms with Crippen molar-refractivity contribution in [2.45, 2.75) is 74.4 Å². The van der Waals surface area contributed by atoms with Gasteiger partial charge in [0.05, 0.1) is 111 Å². The molecule has 3 aliphatic carbocycles. The van der Waals surface area contributed by atoms with Crippen molar-refractivity contribution in [2.24, 2.45) is 23.5 Å². The molecule has 3 saturated carbocycles. The molecule has 9 atom stereocenters. The SMILES string of the molecule is COC(=O)[C@@H](N)Cc1ccc(-c2c(Cl)cc(F)cc2Cl)c2c1C1CC1CO2.COC(=O)[C@H](Cc1ccc(-c2c(Cl)cc(F)cc2Cl)c2c1C1CC1CO2)NC(=O)c1c(Cl)cccc1Cl.O=C(Cl)c1c(Cl)cccc1Cl.O=C(N[C@@H](Cc1ccc(-c2c(Cl)cc(F)cc2Cl)c2c1C1CC1CO2)C(=O)O)c1c(Cl)cccc1Cl. The highest BCUT2D eigenvalue weighted by molar-refractivity contribution is 6.70. The number of ether oxygens (including phenoxy) is 5. The van der Waals surface area contributed by atoms with Crippen molar-refractivity contribution in [3.05, 3.63) is 255 Å². The van der Waals surface area contributed by atoms with E-state index in [0.29, 0.717) is 101 Å². The van der Waals surface area contributed by atoms with E-state index in [1.54, 1.807) is 60.7 Å². The number of carboxylic acids is 1. The number of carboxylic acid groups (broad SMARTS) is 1. The molecule has 15 nitrogen and oxygen atoms in total. The predicted molar refractivity (Wildman–Crippen MR) is 427 cm³/mol. The molecule has 31 heteroatoms. The maximum absolute atomic E-state index is 13.8. The molecule has 3 fully saturated rings. The fraction of sp³-hybridized carbons (Fsp3) is 0.250. The van der Waals surface area contributed by atoms with Crippen molar-refractivity contribution in [2.75, 3.05) is 34.0 Å². The van der Waals surface area contributed by atoms with Crippen LogP contribution in [0.15, 0.2) is 127 Å². The second-order valence-electron chi connectivity index (χ2n) is 26.7. The van der Waals surface area contributed by atoms with Crippen molar-refractivity contribution in [3.63, 3.8) is 0 Å². The molecule has 15 rings (SSSR count). The molecule has 578 valence electrons. The number of carbonyl (C=O) groups is 6. The molecular formula is C80H59Cl13F3N3O12. The zero-order chi connectivity index (χ0) is 79.9. The molecule has 0 spiro atoms. The number of benzene rings is 9. The second-order valence-corrected chi connectivity index (χ2v) is 32.0. The number of rotatable bonds is 17. The maximum atomic E-state index is 13.8. The van der Waals surface area contributed by atoms with Crippen molar-refractivity contribution in [1.29, 1.82) is 0 Å². The summed E-state index contributed by atoms with van der Waals surface area (Å²) in [7, 11) is 2.57. The number of nitrogens with one attached hydrogen (secondary N) is 2. The number of hydrogen-bond donors (Lipinski definition) is 4. The van der Waals surface area contributed by atoms with Gasteiger partial charge in [0.25, 0.3) is 17.1 Å². The number of halogens is 16. The molecule has 6 aliphatic rings. The summed E-state index contributed by atoms with van der Waals surface area (Å²) in [5.41, 5.74) is 14.9. The average molecular weight is 1770 g/mol. The van der Waals surface area contributed by atoms with Gasteiger partial charge >= 0.3 is 17.9 Å². The van der Waals surface area contributed by atoms with E-state index in [9.17, 15) is 47.0 Å². The highest BCUT2D eigenvalue weighted by Gasteiger charge is 2.49. The number of carbonyl (C=O) groups excluding carboxylic acids is 5. The highest BCUT2D eigenvalue weighted by atomic mass is 35.5. The lowest BCUT2D eigenvalue weighted by Gasteiger charge is -2.26. The van der Waals surface area contributed by atoms with Gasteiger partial charge in [-0.1, -0.05) is 194 Å². The van der Waals surface area contributed by atoms with Gasteiger partial charge in [-0.3, -0.25) is 19.2 Å². The Balaban J connectivity index is 0.000000146. The number of esters is 2. The zero-order valence-electron chi connectivity index (χ0n) is 57.7. The fourth-order valence-corrected chi connectivity index (χ4v) is 18.1. The van der Waals surface area contributed by atoms with Gasteiger partial charge in [-0.2, -0.15) is 0 Å². The molecule has 0 saturated heterocycles. The van der Waals surface area contributed by atoms with E-state index in [-0.39, 0.29) is 102 Å². The van der Waals surface area contributed by atoms with Crippen LogP contribution >= 0.6 is 151 Å². The first kappa shape index (κ1) is 83.4. The molecule has 0 bridgehead atoms. The Kier molecular flexibility index (Phi) is 26.5. The quantitative estimate of drug-likeness (QED) is 0.0493. The summed E-state index contributed by atoms with van der Waals surface area (Å²) in [4.78, 5) is 73.2. The van der Waals surface area contributed by atoms with Gasteiger partial charge in [0.1, 0.15) is 52.8 Å². The van der Waals surface area contributed by atoms with E-state index in [2.05, 4.69) is 10.6 Å². The number of aliphatic carboxylic acids is 1. The number of amides is 2. The van der Waals surface area contributed by atoms with Gasteiger partial charge in [0.2, 0.25) is 0 Å². The Morgan fingerprint density at radius 1 is 0.432 bits per heavy atom. The minimum Gasteiger partial charge on any atom is -0.492 e. The van der Waals surface area contributed by atoms with Crippen LogP contribution in [0.5, 0.6) is 17.2 Å². The lowest BCUT2D eigenvalue weighted by molar-refractivity contribution is -0.143. The first-order chi connectivity index (χ1) is 52.9. The third kappa shape index (κ3) is 18.4. The normalized spacial score (nSPS) is 18.1. The van der Waals surface area contributed by atoms with Gasteiger partial charge in [-0.25, -0.2) is 22.8 Å². The predicted octanol–water partition coefficient (Wildman–Crippen LogP) is 21.9. The van der Waals surface area contributed by atoms with Gasteiger partial charge in [0, 0.05) is 80.7 Å². The van der Waals surface area contributed by atoms with Crippen molar-refractivity contribution < 1.29 is 70.7 Å². The Bertz CT molecular complexity index is 5140. The Morgan fingerprint density at radius 2 is 0.721 bits per heavy atom. The first-order valence-electron chi connectivity index (χ1n) is 34.0. The van der Waals surface area contributed by atoms with Gasteiger partial charge in [0.15, 0.2) is 0 Å². The molecule has 5 N–H and O–H groups in total. The van der Waals surface area contributed by atoms with Crippen LogP contribution in [0.25, 0.3) is 33.4 Å². The minimum absolute atomic E-state index is 0.00319. The monoisotopic (exact) mass is 1770 g/mol. The van der Waals surface area contributed by atoms with Crippen LogP contribution in [0.4, 0.5) is 13.2 Å². The zero-order valence-corrected chi connectivity index (χ0v) is 67.6. The molecule has 9 aromatic carbocycles. The standard InChI is InChI=1S/C27H20Cl4FNO4.C26H18Cl4FNO4.C20H18Cl2FNO3.C7H3Cl3O/c1-36-27(35)21(33-26(34)24-17(28)3-2-4-18(24)29)8-12-5-6-15(23-19(30)9-14(32)10-20(23)31)25-22(12)16-7-13(16)11-37-25;27-16-2-1-3-17(28)23(16)25(33)32-20(26(34)35)7-11-4-5-14(22-18(29)8-13(31)9-19(22)30)24-21(11)15-6-12(15)10-36-24;1-26-20(25)16(24)5-9-2-3-12(18-14(21)6-11(23)7-15(18)22)19-17(9)13-4-10(13)8-27-19;8-4-2-1-3-5(9)6(4)7(10)11/h2-6,9-10,13,16,21H,7-8,11H2,1H3,(H,33,34);1-5,8-9,12,15,20H,6-7,10H2,(H,32,33)(H,34,35);2-3,6-7,10,13,16H,4-5,8,24H2,1H3;1-3H/t13?,16?,21-;12?,15?,20-;10?,13?,16-;/m000./s1. The summed E-state index contributed by atoms with van der Waals surface area (Å²) in [6, 6.07) is 29.2. The molecule has 2 amide bonds. The summed E-state index contributed by atoms with van der Waals surface area (Å²) >= 11 is 79.1. The number of nitrogens with two attached hydrogens (primary N) is 1. The van der Waals surface area contributed by atoms with Gasteiger partial charge < -0.3 is 45.2 Å². The van der Waals surface area contributed by atoms with Crippen LogP contribution in [0.3, 0.4) is 0 Å². The van der Waals surface area contributed by atoms with Crippen LogP contribution in [0, 0.1) is 35.2 Å². The summed E-state index contributed by atoms with van der Waals surface area (Å²) in [6.45, 7) is 1.66. The van der Waals surface area contributed by atoms with Crippen LogP contribution in [0.2, 0.25) is 60.3 Å². The Hall–Kier alpha value is -7.08. The fourth-order valence-electron chi connectivity index (χ4n) is 14.1. The second kappa shape index (κ2) is 35.3. The third-order valence-electron chi connectivity index (χ3n) is 19.6. The van der Waals surface area contributed by atoms with E-state index in [0.717, 1.165) is 52.6 Å². The van der Waals surface area contributed by atoms with E-state index in [4.69, 9.17) is 180 Å². The van der Waals surface area contributed by atoms with Crippen molar-refractivity contribution >= 4 is 186 Å². The highest BCUT2D eigenvalue weighted by Crippen LogP contribution is 2.61. The summed E-state index contributed by atoms with van der Waals surface area (Å²) in [5, 5.41) is 16.7. The molecule has 3 aliphatic heterocycles. The third-order valence-corrected chi connectivity index (χ3v) is 23.5. The molecule has 6 unspecified atom stereocenters. The van der Waals surface area contributed by atoms with Gasteiger partial charge in [-0.05, 0) is 145 Å². The molecular weight excluding hydrogens is 1710 g/mol. The maximum Gasteiger partial charge on any atom is 0.328 e. The number of methoxy groups -OCH3 is 2. The van der Waals surface area contributed by atoms with Crippen molar-refractivity contribution in [1.82, 2.24) is 10.6 Å². The first-order valence-corrected chi connectivity index (χ1v) is 38.9. The van der Waals surface area contributed by atoms with Crippen LogP contribution < -0.4 is 30.6 Å².